The van der Waals surface area contributed by atoms with Crippen LogP contribution in [0.5, 0.6) is 0 Å². The van der Waals surface area contributed by atoms with Gasteiger partial charge in [-0.25, -0.2) is 4.98 Å². The lowest BCUT2D eigenvalue weighted by atomic mass is 9.63. The van der Waals surface area contributed by atoms with Crippen molar-refractivity contribution in [2.45, 2.75) is 68.6 Å². The van der Waals surface area contributed by atoms with Gasteiger partial charge in [0, 0.05) is 33.2 Å². The Morgan fingerprint density at radius 2 is 1.75 bits per heavy atom. The number of hydrogen-bond donors (Lipinski definition) is 2. The number of alkyl halides is 3. The lowest BCUT2D eigenvalue weighted by Crippen LogP contribution is -2.53. The first-order valence-corrected chi connectivity index (χ1v) is 12.9. The predicted molar refractivity (Wildman–Crippen MR) is 137 cm³/mol. The van der Waals surface area contributed by atoms with Crippen molar-refractivity contribution in [3.63, 3.8) is 0 Å². The predicted octanol–water partition coefficient (Wildman–Crippen LogP) is 7.52. The number of anilines is 1. The second-order valence-corrected chi connectivity index (χ2v) is 10.7. The summed E-state index contributed by atoms with van der Waals surface area (Å²) in [5, 5.41) is 8.21. The standard InChI is InChI=1S/C27H26Cl2F3N3O/c28-16-9-10-20(21(29)13-16)26(11-4-12-26)25(36)34-18-6-3-5-17(14-18)33-23-15-24(27(30,31)32)35-22-8-2-1-7-19(22)23/h1-2,7-10,13,15,17-18H,3-6,11-12,14H2,(H,33,35)(H,34,36)/t17-,18+/m0/s1. The molecule has 3 aromatic rings. The largest absolute Gasteiger partial charge is 0.433 e. The zero-order chi connectivity index (χ0) is 25.5. The van der Waals surface area contributed by atoms with E-state index in [1.54, 1.807) is 36.4 Å². The van der Waals surface area contributed by atoms with Gasteiger partial charge in [0.15, 0.2) is 0 Å². The molecule has 0 saturated heterocycles. The van der Waals surface area contributed by atoms with Crippen molar-refractivity contribution >= 4 is 45.7 Å². The number of nitrogens with one attached hydrogen (secondary N) is 2. The summed E-state index contributed by atoms with van der Waals surface area (Å²) < 4.78 is 40.4. The molecule has 0 radical (unpaired) electrons. The van der Waals surface area contributed by atoms with Crippen LogP contribution in [0.2, 0.25) is 10.0 Å². The Balaban J connectivity index is 1.33. The third-order valence-electron chi connectivity index (χ3n) is 7.46. The van der Waals surface area contributed by atoms with E-state index in [4.69, 9.17) is 23.2 Å². The monoisotopic (exact) mass is 535 g/mol. The van der Waals surface area contributed by atoms with Gasteiger partial charge in [-0.15, -0.1) is 0 Å². The van der Waals surface area contributed by atoms with E-state index in [1.807, 2.05) is 6.07 Å². The number of hydrogen-bond acceptors (Lipinski definition) is 3. The number of benzene rings is 2. The number of amides is 1. The first-order valence-electron chi connectivity index (χ1n) is 12.2. The molecular formula is C27H26Cl2F3N3O. The summed E-state index contributed by atoms with van der Waals surface area (Å²) in [4.78, 5) is 17.3. The Morgan fingerprint density at radius 1 is 1.00 bits per heavy atom. The highest BCUT2D eigenvalue weighted by Crippen LogP contribution is 2.47. The Kier molecular flexibility index (Phi) is 6.81. The van der Waals surface area contributed by atoms with Gasteiger partial charge in [0.2, 0.25) is 5.91 Å². The van der Waals surface area contributed by atoms with Crippen LogP contribution in [-0.4, -0.2) is 23.0 Å². The van der Waals surface area contributed by atoms with Gasteiger partial charge in [-0.3, -0.25) is 4.79 Å². The maximum absolute atomic E-state index is 13.5. The van der Waals surface area contributed by atoms with E-state index in [1.165, 1.54) is 0 Å². The SMILES string of the molecule is O=C(N[C@@H]1CCC[C@H](Nc2cc(C(F)(F)F)nc3ccccc23)C1)C1(c2ccc(Cl)cc2Cl)CCC1. The van der Waals surface area contributed by atoms with Gasteiger partial charge >= 0.3 is 6.18 Å². The molecule has 190 valence electrons. The molecule has 2 aromatic carbocycles. The van der Waals surface area contributed by atoms with Crippen LogP contribution in [0.15, 0.2) is 48.5 Å². The smallest absolute Gasteiger partial charge is 0.382 e. The molecular weight excluding hydrogens is 510 g/mol. The fourth-order valence-corrected chi connectivity index (χ4v) is 6.05. The van der Waals surface area contributed by atoms with Gasteiger partial charge in [-0.2, -0.15) is 13.2 Å². The summed E-state index contributed by atoms with van der Waals surface area (Å²) in [6, 6.07) is 13.0. The quantitative estimate of drug-likeness (QED) is 0.355. The fourth-order valence-electron chi connectivity index (χ4n) is 5.46. The normalized spacial score (nSPS) is 21.6. The van der Waals surface area contributed by atoms with Gasteiger partial charge in [0.05, 0.1) is 10.9 Å². The van der Waals surface area contributed by atoms with Gasteiger partial charge in [0.1, 0.15) is 5.69 Å². The molecule has 0 aliphatic heterocycles. The molecule has 2 aliphatic carbocycles. The highest BCUT2D eigenvalue weighted by atomic mass is 35.5. The lowest BCUT2D eigenvalue weighted by Gasteiger charge is -2.43. The Labute approximate surface area is 217 Å². The molecule has 4 nitrogen and oxygen atoms in total. The number of carbonyl (C=O) groups excluding carboxylic acids is 1. The molecule has 36 heavy (non-hydrogen) atoms. The molecule has 2 fully saturated rings. The number of rotatable bonds is 5. The number of nitrogens with zero attached hydrogens (tertiary/aromatic N) is 1. The molecule has 1 amide bonds. The first-order chi connectivity index (χ1) is 17.2. The van der Waals surface area contributed by atoms with E-state index in [0.29, 0.717) is 33.1 Å². The molecule has 0 spiro atoms. The summed E-state index contributed by atoms with van der Waals surface area (Å²) >= 11 is 12.5. The van der Waals surface area contributed by atoms with E-state index < -0.39 is 17.3 Å². The number of fused-ring (bicyclic) bond motifs is 1. The zero-order valence-electron chi connectivity index (χ0n) is 19.5. The molecule has 0 unspecified atom stereocenters. The molecule has 1 heterocycles. The van der Waals surface area contributed by atoms with Crippen LogP contribution < -0.4 is 10.6 Å². The number of aromatic nitrogens is 1. The third kappa shape index (κ3) is 4.88. The van der Waals surface area contributed by atoms with Gasteiger partial charge in [-0.1, -0.05) is 53.9 Å². The molecule has 1 aromatic heterocycles. The molecule has 2 atom stereocenters. The van der Waals surface area contributed by atoms with Crippen molar-refractivity contribution in [2.75, 3.05) is 5.32 Å². The Hall–Kier alpha value is -2.51. The zero-order valence-corrected chi connectivity index (χ0v) is 21.0. The number of para-hydroxylation sites is 1. The van der Waals surface area contributed by atoms with Crippen LogP contribution in [0.25, 0.3) is 10.9 Å². The highest BCUT2D eigenvalue weighted by Gasteiger charge is 2.47. The topological polar surface area (TPSA) is 54.0 Å². The van der Waals surface area contributed by atoms with Crippen LogP contribution in [0.3, 0.4) is 0 Å². The molecule has 2 aliphatic rings. The van der Waals surface area contributed by atoms with Crippen LogP contribution in [0.4, 0.5) is 18.9 Å². The van der Waals surface area contributed by atoms with E-state index >= 15 is 0 Å². The molecule has 2 N–H and O–H groups in total. The second-order valence-electron chi connectivity index (χ2n) is 9.81. The Bertz CT molecular complexity index is 1290. The van der Waals surface area contributed by atoms with Gasteiger partial charge in [0.25, 0.3) is 0 Å². The average molecular weight is 536 g/mol. The minimum Gasteiger partial charge on any atom is -0.382 e. The van der Waals surface area contributed by atoms with Gasteiger partial charge in [-0.05, 0) is 68.4 Å². The summed E-state index contributed by atoms with van der Waals surface area (Å²) in [5.41, 5.74) is -0.0808. The summed E-state index contributed by atoms with van der Waals surface area (Å²) in [7, 11) is 0. The van der Waals surface area contributed by atoms with E-state index in [9.17, 15) is 18.0 Å². The Morgan fingerprint density at radius 3 is 2.44 bits per heavy atom. The van der Waals surface area contributed by atoms with Crippen LogP contribution in [0, 0.1) is 0 Å². The van der Waals surface area contributed by atoms with Crippen molar-refractivity contribution < 1.29 is 18.0 Å². The molecule has 0 bridgehead atoms. The van der Waals surface area contributed by atoms with Crippen LogP contribution >= 0.6 is 23.2 Å². The second kappa shape index (κ2) is 9.75. The van der Waals surface area contributed by atoms with Crippen LogP contribution in [0.1, 0.15) is 56.2 Å². The summed E-state index contributed by atoms with van der Waals surface area (Å²) in [6.45, 7) is 0. The third-order valence-corrected chi connectivity index (χ3v) is 8.01. The van der Waals surface area contributed by atoms with Crippen LogP contribution in [-0.2, 0) is 16.4 Å². The maximum atomic E-state index is 13.5. The number of carbonyl (C=O) groups is 1. The lowest BCUT2D eigenvalue weighted by molar-refractivity contribution is -0.141. The van der Waals surface area contributed by atoms with Crippen molar-refractivity contribution in [3.05, 3.63) is 69.8 Å². The minimum absolute atomic E-state index is 0.0441. The molecule has 2 saturated carbocycles. The maximum Gasteiger partial charge on any atom is 0.433 e. The highest BCUT2D eigenvalue weighted by molar-refractivity contribution is 6.35. The number of halogens is 5. The van der Waals surface area contributed by atoms with Gasteiger partial charge < -0.3 is 10.6 Å². The summed E-state index contributed by atoms with van der Waals surface area (Å²) in [6.07, 6.45) is 0.940. The average Bonchev–Trinajstić information content (AvgIpc) is 2.79. The van der Waals surface area contributed by atoms with E-state index in [-0.39, 0.29) is 18.0 Å². The van der Waals surface area contributed by atoms with Crippen molar-refractivity contribution in [2.24, 2.45) is 0 Å². The van der Waals surface area contributed by atoms with E-state index in [0.717, 1.165) is 50.2 Å². The first kappa shape index (κ1) is 25.2. The van der Waals surface area contributed by atoms with Crippen molar-refractivity contribution in [1.29, 1.82) is 0 Å². The molecule has 5 rings (SSSR count). The van der Waals surface area contributed by atoms with E-state index in [2.05, 4.69) is 15.6 Å². The summed E-state index contributed by atoms with van der Waals surface area (Å²) in [5.74, 6) is -0.0441. The number of pyridine rings is 1. The fraction of sp³-hybridized carbons (Fsp3) is 0.407. The van der Waals surface area contributed by atoms with Crippen molar-refractivity contribution in [3.8, 4) is 0 Å². The molecule has 9 heteroatoms. The van der Waals surface area contributed by atoms with Crippen molar-refractivity contribution in [1.82, 2.24) is 10.3 Å². The minimum atomic E-state index is -4.54.